The topological polar surface area (TPSA) is 101 Å². The minimum Gasteiger partial charge on any atom is -0.504 e. The van der Waals surface area contributed by atoms with Gasteiger partial charge in [0.05, 0.1) is 13.2 Å². The monoisotopic (exact) mass is 681 g/mol. The SMILES string of the molecule is CC(=O)N[C@@H]1CC[C@@]2(C)[C@H]3Cc4ccc(O)c5c4[C@@]2(CCN3CC2CC2)[C@H]1O5.COc1ccc2c3c1O[C@H]1C(=O)CC[C@H]4[C@@H](C2)N(C)CC[C@]314. The minimum atomic E-state index is -0.284. The fourth-order valence-corrected chi connectivity index (χ4v) is 13.0. The molecule has 0 radical (unpaired) electrons. The van der Waals surface area contributed by atoms with Crippen molar-refractivity contribution in [3.05, 3.63) is 46.5 Å². The highest BCUT2D eigenvalue weighted by atomic mass is 16.5. The molecular formula is C41H51N3O6. The minimum absolute atomic E-state index is 0.00698. The summed E-state index contributed by atoms with van der Waals surface area (Å²) in [6.07, 6.45) is 10.3. The average molecular weight is 682 g/mol. The Balaban J connectivity index is 0.000000130. The van der Waals surface area contributed by atoms with Crippen LogP contribution in [0.4, 0.5) is 0 Å². The Bertz CT molecular complexity index is 1810. The number of piperidine rings is 2. The van der Waals surface area contributed by atoms with E-state index in [1.54, 1.807) is 20.1 Å². The van der Waals surface area contributed by atoms with E-state index >= 15 is 0 Å². The summed E-state index contributed by atoms with van der Waals surface area (Å²) in [6, 6.07) is 9.19. The van der Waals surface area contributed by atoms with E-state index in [0.717, 1.165) is 75.5 Å². The summed E-state index contributed by atoms with van der Waals surface area (Å²) in [5.74, 6) is 4.30. The van der Waals surface area contributed by atoms with Gasteiger partial charge in [0.2, 0.25) is 5.91 Å². The van der Waals surface area contributed by atoms with Crippen LogP contribution in [0.3, 0.4) is 0 Å². The van der Waals surface area contributed by atoms with Crippen LogP contribution in [0.25, 0.3) is 0 Å². The molecule has 0 aromatic heterocycles. The first-order chi connectivity index (χ1) is 24.1. The first-order valence-electron chi connectivity index (χ1n) is 19.2. The molecule has 4 bridgehead atoms. The maximum absolute atomic E-state index is 12.6. The number of aromatic hydroxyl groups is 1. The van der Waals surface area contributed by atoms with E-state index in [9.17, 15) is 14.7 Å². The summed E-state index contributed by atoms with van der Waals surface area (Å²) >= 11 is 0. The Hall–Kier alpha value is -3.30. The molecule has 266 valence electrons. The van der Waals surface area contributed by atoms with E-state index < -0.39 is 0 Å². The third-order valence-corrected chi connectivity index (χ3v) is 15.3. The molecule has 4 heterocycles. The summed E-state index contributed by atoms with van der Waals surface area (Å²) in [6.45, 7) is 7.44. The Morgan fingerprint density at radius 3 is 2.58 bits per heavy atom. The number of rotatable bonds is 4. The number of Topliss-reactive ketones (excluding diaryl/α,β-unsaturated/α-hetero) is 1. The van der Waals surface area contributed by atoms with Crippen LogP contribution in [0.2, 0.25) is 0 Å². The van der Waals surface area contributed by atoms with Crippen LogP contribution < -0.4 is 19.5 Å². The predicted octanol–water partition coefficient (Wildman–Crippen LogP) is 4.67. The van der Waals surface area contributed by atoms with Gasteiger partial charge in [-0.05, 0) is 118 Å². The number of methoxy groups -OCH3 is 1. The number of nitrogens with zero attached hydrogens (tertiary/aromatic N) is 2. The van der Waals surface area contributed by atoms with Crippen molar-refractivity contribution in [2.75, 3.05) is 33.8 Å². The quantitative estimate of drug-likeness (QED) is 0.481. The van der Waals surface area contributed by atoms with Crippen LogP contribution in [0.5, 0.6) is 23.0 Å². The van der Waals surface area contributed by atoms with Gasteiger partial charge in [0.1, 0.15) is 6.10 Å². The number of likely N-dealkylation sites (tertiary alicyclic amines) is 2. The zero-order valence-electron chi connectivity index (χ0n) is 29.9. The molecule has 1 amide bonds. The molecule has 2 saturated heterocycles. The molecule has 9 atom stereocenters. The number of likely N-dealkylation sites (N-methyl/N-ethyl adjacent to an activating group) is 1. The highest BCUT2D eigenvalue weighted by Gasteiger charge is 2.71. The van der Waals surface area contributed by atoms with Crippen molar-refractivity contribution in [1.29, 1.82) is 0 Å². The third kappa shape index (κ3) is 3.91. The Labute approximate surface area is 295 Å². The van der Waals surface area contributed by atoms with Gasteiger partial charge in [-0.1, -0.05) is 19.1 Å². The molecule has 2 aromatic carbocycles. The summed E-state index contributed by atoms with van der Waals surface area (Å²) in [4.78, 5) is 29.8. The van der Waals surface area contributed by atoms with Crippen molar-refractivity contribution in [3.8, 4) is 23.0 Å². The van der Waals surface area contributed by atoms with Crippen molar-refractivity contribution in [2.45, 2.75) is 119 Å². The molecule has 0 unspecified atom stereocenters. The Morgan fingerprint density at radius 2 is 1.80 bits per heavy atom. The first-order valence-corrected chi connectivity index (χ1v) is 19.2. The van der Waals surface area contributed by atoms with Gasteiger partial charge in [0.25, 0.3) is 0 Å². The third-order valence-electron chi connectivity index (χ3n) is 15.3. The standard InChI is InChI=1S/C23H30N2O3.C18H21NO3/c1-13(26)24-16-7-8-22(2)18-11-15-5-6-17(27)20-19(15)23(22,21(16)28-20)9-10-25(18)12-14-3-4-14;1-19-8-7-18-11-4-5-13(20)17(18)22-16-14(21-2)6-3-10(15(16)18)9-12(11)19/h5-6,14,16,18,21,27H,3-4,7-12H2,1-2H3,(H,24,26);3,6,11-12,17H,4-5,7-9H2,1-2H3/t16-,18-,21+,22+,23+;11-,12+,17-,18-/m10/s1. The lowest BCUT2D eigenvalue weighted by Crippen LogP contribution is -2.73. The summed E-state index contributed by atoms with van der Waals surface area (Å²) in [5.41, 5.74) is 5.19. The number of benzene rings is 2. The second-order valence-corrected chi connectivity index (χ2v) is 17.4. The maximum Gasteiger partial charge on any atom is 0.217 e. The van der Waals surface area contributed by atoms with Crippen LogP contribution in [0.15, 0.2) is 24.3 Å². The van der Waals surface area contributed by atoms with Crippen molar-refractivity contribution in [1.82, 2.24) is 15.1 Å². The largest absolute Gasteiger partial charge is 0.504 e. The molecule has 2 aromatic rings. The number of ether oxygens (including phenoxy) is 3. The maximum atomic E-state index is 12.6. The van der Waals surface area contributed by atoms with Crippen LogP contribution in [-0.4, -0.2) is 90.7 Å². The molecule has 4 aliphatic heterocycles. The van der Waals surface area contributed by atoms with Gasteiger partial charge >= 0.3 is 0 Å². The molecule has 9 nitrogen and oxygen atoms in total. The number of hydrogen-bond donors (Lipinski definition) is 2. The second kappa shape index (κ2) is 10.6. The number of nitrogens with one attached hydrogen (secondary N) is 1. The normalized spacial score (nSPS) is 39.6. The van der Waals surface area contributed by atoms with E-state index in [0.29, 0.717) is 30.2 Å². The molecule has 9 heteroatoms. The average Bonchev–Trinajstić information content (AvgIpc) is 3.73. The van der Waals surface area contributed by atoms with Gasteiger partial charge in [-0.2, -0.15) is 0 Å². The number of carbonyl (C=O) groups is 2. The molecule has 2 spiro atoms. The highest BCUT2D eigenvalue weighted by molar-refractivity contribution is 5.89. The van der Waals surface area contributed by atoms with E-state index in [1.807, 2.05) is 6.07 Å². The lowest BCUT2D eigenvalue weighted by atomic mass is 9.43. The number of ketones is 1. The van der Waals surface area contributed by atoms with Crippen LogP contribution in [0.1, 0.15) is 87.5 Å². The zero-order chi connectivity index (χ0) is 34.3. The van der Waals surface area contributed by atoms with Crippen molar-refractivity contribution in [2.24, 2.45) is 17.3 Å². The molecule has 3 saturated carbocycles. The smallest absolute Gasteiger partial charge is 0.217 e. The fourth-order valence-electron chi connectivity index (χ4n) is 13.0. The summed E-state index contributed by atoms with van der Waals surface area (Å²) < 4.78 is 18.3. The Morgan fingerprint density at radius 1 is 1.00 bits per heavy atom. The van der Waals surface area contributed by atoms with Crippen LogP contribution in [0, 0.1) is 17.3 Å². The van der Waals surface area contributed by atoms with Gasteiger partial charge in [0.15, 0.2) is 34.9 Å². The van der Waals surface area contributed by atoms with Gasteiger partial charge in [-0.3, -0.25) is 14.5 Å². The van der Waals surface area contributed by atoms with Gasteiger partial charge in [-0.25, -0.2) is 0 Å². The number of hydrogen-bond acceptors (Lipinski definition) is 8. The number of amides is 1. The second-order valence-electron chi connectivity index (χ2n) is 17.4. The van der Waals surface area contributed by atoms with Crippen molar-refractivity contribution >= 4 is 11.7 Å². The van der Waals surface area contributed by atoms with E-state index in [-0.39, 0.29) is 51.9 Å². The number of phenols is 1. The summed E-state index contributed by atoms with van der Waals surface area (Å²) in [5, 5.41) is 13.8. The van der Waals surface area contributed by atoms with Gasteiger partial charge < -0.3 is 29.5 Å². The summed E-state index contributed by atoms with van der Waals surface area (Å²) in [7, 11) is 3.91. The van der Waals surface area contributed by atoms with E-state index in [4.69, 9.17) is 14.2 Å². The van der Waals surface area contributed by atoms with Crippen molar-refractivity contribution < 1.29 is 28.9 Å². The molecular weight excluding hydrogens is 630 g/mol. The lowest BCUT2D eigenvalue weighted by Gasteiger charge is -2.65. The lowest BCUT2D eigenvalue weighted by molar-refractivity contribution is -0.138. The van der Waals surface area contributed by atoms with Crippen molar-refractivity contribution in [3.63, 3.8) is 0 Å². The molecule has 5 fully saturated rings. The van der Waals surface area contributed by atoms with Gasteiger partial charge in [-0.15, -0.1) is 0 Å². The Kier molecular flexibility index (Phi) is 6.68. The molecule has 11 rings (SSSR count). The predicted molar refractivity (Wildman–Crippen MR) is 187 cm³/mol. The first kappa shape index (κ1) is 31.4. The van der Waals surface area contributed by atoms with E-state index in [2.05, 4.69) is 41.2 Å². The fraction of sp³-hybridized carbons (Fsp3) is 0.659. The molecule has 50 heavy (non-hydrogen) atoms. The molecule has 2 N–H and O–H groups in total. The van der Waals surface area contributed by atoms with Crippen LogP contribution in [-0.2, 0) is 33.3 Å². The highest BCUT2D eigenvalue weighted by Crippen LogP contribution is 2.69. The van der Waals surface area contributed by atoms with E-state index in [1.165, 1.54) is 41.6 Å². The zero-order valence-corrected chi connectivity index (χ0v) is 29.9. The van der Waals surface area contributed by atoms with Gasteiger partial charge in [0, 0.05) is 53.9 Å². The molecule has 9 aliphatic rings. The number of carbonyl (C=O) groups excluding carboxylic acids is 2. The number of phenolic OH excluding ortho intramolecular Hbond substituents is 1. The molecule has 5 aliphatic carbocycles. The van der Waals surface area contributed by atoms with Crippen LogP contribution >= 0.6 is 0 Å².